The zero-order valence-corrected chi connectivity index (χ0v) is 35.4. The summed E-state index contributed by atoms with van der Waals surface area (Å²) in [6.45, 7) is 16.1. The summed E-state index contributed by atoms with van der Waals surface area (Å²) in [6, 6.07) is 6.37. The first-order valence-electron chi connectivity index (χ1n) is 20.6. The second-order valence-electron chi connectivity index (χ2n) is 18.5. The Morgan fingerprint density at radius 2 is 1.82 bits per heavy atom. The molecule has 12 nitrogen and oxygen atoms in total. The Morgan fingerprint density at radius 1 is 1.09 bits per heavy atom. The molecule has 1 unspecified atom stereocenters. The number of likely N-dealkylation sites (tertiary alicyclic amines) is 1. The van der Waals surface area contributed by atoms with E-state index in [0.717, 1.165) is 30.0 Å². The number of Topliss-reactive ketones (excluding diaryl/α,β-unsaturated/α-hetero) is 2. The molecule has 1 N–H and O–H groups in total. The number of ether oxygens (including phenoxy) is 3. The molecule has 4 fully saturated rings. The fourth-order valence-electron chi connectivity index (χ4n) is 9.00. The van der Waals surface area contributed by atoms with Gasteiger partial charge in [0.15, 0.2) is 11.6 Å². The number of nitrogens with zero attached hydrogens (tertiary/aromatic N) is 2. The standard InChI is InChI=1S/C44H61N3O9S/c1-9-29-22-44(29,42(51)46-57(52,53)33-12-13-33)23-38(49)37-21-32(56-40-35-15-11-31(54-8)19-28(35)16-17-45-40)24-47(37)41(50)36(43(5,6)7)20-30(48)25-55-39-18-27(4)10-14-34(39)26(2)3/h9,11,15-17,19,26-27,29,32-34,36-37,39H,1,10,12-14,18,20-25H2,2-8H3,(H,46,51)/t27-,29+,32?,34+,36+,37-,39-,44+/m0/s1. The molecule has 0 spiro atoms. The normalized spacial score (nSPS) is 28.2. The van der Waals surface area contributed by atoms with Crippen molar-refractivity contribution in [1.82, 2.24) is 14.6 Å². The number of hydrogen-bond donors (Lipinski definition) is 1. The van der Waals surface area contributed by atoms with Crippen molar-refractivity contribution in [3.05, 3.63) is 43.1 Å². The molecule has 57 heavy (non-hydrogen) atoms. The third-order valence-corrected chi connectivity index (χ3v) is 14.7. The van der Waals surface area contributed by atoms with Crippen LogP contribution in [0, 0.1) is 40.4 Å². The summed E-state index contributed by atoms with van der Waals surface area (Å²) in [5.74, 6) is -0.462. The second kappa shape index (κ2) is 16.8. The number of carbonyl (C=O) groups is 4. The van der Waals surface area contributed by atoms with Gasteiger partial charge in [-0.25, -0.2) is 13.4 Å². The van der Waals surface area contributed by atoms with Gasteiger partial charge in [0.25, 0.3) is 0 Å². The molecule has 0 radical (unpaired) electrons. The average Bonchev–Trinajstić information content (AvgIpc) is 4.08. The van der Waals surface area contributed by atoms with E-state index in [1.807, 2.05) is 39.0 Å². The highest BCUT2D eigenvalue weighted by molar-refractivity contribution is 7.90. The van der Waals surface area contributed by atoms with E-state index in [1.54, 1.807) is 25.4 Å². The van der Waals surface area contributed by atoms with Crippen LogP contribution in [0.15, 0.2) is 43.1 Å². The monoisotopic (exact) mass is 807 g/mol. The predicted octanol–water partition coefficient (Wildman–Crippen LogP) is 6.45. The molecule has 312 valence electrons. The number of allylic oxidation sites excluding steroid dienone is 1. The predicted molar refractivity (Wildman–Crippen MR) is 217 cm³/mol. The summed E-state index contributed by atoms with van der Waals surface area (Å²) in [5, 5.41) is 0.965. The van der Waals surface area contributed by atoms with Gasteiger partial charge in [-0.1, -0.05) is 54.0 Å². The lowest BCUT2D eigenvalue weighted by Gasteiger charge is -2.37. The smallest absolute Gasteiger partial charge is 0.240 e. The Morgan fingerprint density at radius 3 is 2.46 bits per heavy atom. The van der Waals surface area contributed by atoms with Gasteiger partial charge in [0.05, 0.1) is 36.5 Å². The van der Waals surface area contributed by atoms with E-state index in [-0.39, 0.29) is 62.4 Å². The third-order valence-electron chi connectivity index (χ3n) is 12.9. The maximum atomic E-state index is 14.8. The number of pyridine rings is 1. The highest BCUT2D eigenvalue weighted by Crippen LogP contribution is 2.57. The van der Waals surface area contributed by atoms with Crippen molar-refractivity contribution >= 4 is 44.2 Å². The van der Waals surface area contributed by atoms with Gasteiger partial charge in [0, 0.05) is 36.8 Å². The highest BCUT2D eigenvalue weighted by atomic mass is 32.2. The first-order chi connectivity index (χ1) is 26.9. The molecule has 1 aromatic carbocycles. The van der Waals surface area contributed by atoms with Crippen molar-refractivity contribution < 1.29 is 41.8 Å². The van der Waals surface area contributed by atoms with Crippen LogP contribution >= 0.6 is 0 Å². The van der Waals surface area contributed by atoms with Crippen LogP contribution in [0.1, 0.15) is 99.3 Å². The van der Waals surface area contributed by atoms with E-state index in [0.29, 0.717) is 42.2 Å². The van der Waals surface area contributed by atoms with Crippen molar-refractivity contribution in [3.8, 4) is 11.6 Å². The molecular weight excluding hydrogens is 747 g/mol. The number of methoxy groups -OCH3 is 1. The highest BCUT2D eigenvalue weighted by Gasteiger charge is 2.61. The molecule has 1 aliphatic heterocycles. The lowest BCUT2D eigenvalue weighted by molar-refractivity contribution is -0.147. The van der Waals surface area contributed by atoms with E-state index in [4.69, 9.17) is 14.2 Å². The van der Waals surface area contributed by atoms with Gasteiger partial charge >= 0.3 is 0 Å². The Balaban J connectivity index is 1.24. The molecule has 4 aliphatic rings. The van der Waals surface area contributed by atoms with E-state index in [2.05, 4.69) is 37.1 Å². The lowest BCUT2D eigenvalue weighted by Crippen LogP contribution is -2.48. The van der Waals surface area contributed by atoms with Crippen molar-refractivity contribution in [2.45, 2.75) is 123 Å². The molecule has 1 aromatic heterocycles. The molecule has 2 heterocycles. The Labute approximate surface area is 337 Å². The first kappa shape index (κ1) is 42.8. The number of fused-ring (bicyclic) bond motifs is 1. The van der Waals surface area contributed by atoms with Crippen molar-refractivity contribution in [3.63, 3.8) is 0 Å². The number of hydrogen-bond acceptors (Lipinski definition) is 10. The van der Waals surface area contributed by atoms with Gasteiger partial charge in [0.2, 0.25) is 27.7 Å². The zero-order chi connectivity index (χ0) is 41.4. The molecule has 6 rings (SSSR count). The number of aromatic nitrogens is 1. The molecule has 3 aliphatic carbocycles. The molecule has 8 atom stereocenters. The summed E-state index contributed by atoms with van der Waals surface area (Å²) in [6.07, 6.45) is 6.69. The quantitative estimate of drug-likeness (QED) is 0.176. The average molecular weight is 808 g/mol. The van der Waals surface area contributed by atoms with Crippen LogP contribution in [0.3, 0.4) is 0 Å². The molecule has 1 saturated heterocycles. The van der Waals surface area contributed by atoms with Gasteiger partial charge in [-0.3, -0.25) is 23.9 Å². The van der Waals surface area contributed by atoms with Gasteiger partial charge in [-0.05, 0) is 90.8 Å². The summed E-state index contributed by atoms with van der Waals surface area (Å²) in [7, 11) is -2.27. The van der Waals surface area contributed by atoms with Gasteiger partial charge in [-0.15, -0.1) is 6.58 Å². The second-order valence-corrected chi connectivity index (χ2v) is 20.5. The first-order valence-corrected chi connectivity index (χ1v) is 22.2. The minimum absolute atomic E-state index is 0.0191. The van der Waals surface area contributed by atoms with Gasteiger partial charge < -0.3 is 19.1 Å². The van der Waals surface area contributed by atoms with Crippen LogP contribution in [0.2, 0.25) is 0 Å². The summed E-state index contributed by atoms with van der Waals surface area (Å²) >= 11 is 0. The maximum Gasteiger partial charge on any atom is 0.240 e. The van der Waals surface area contributed by atoms with Crippen LogP contribution in [-0.2, 0) is 33.9 Å². The molecule has 13 heteroatoms. The van der Waals surface area contributed by atoms with Crippen LogP contribution in [0.5, 0.6) is 11.6 Å². The van der Waals surface area contributed by atoms with Crippen LogP contribution in [-0.4, -0.2) is 85.4 Å². The fraction of sp³-hybridized carbons (Fsp3) is 0.659. The third kappa shape index (κ3) is 9.56. The molecule has 2 aromatic rings. The Hall–Kier alpha value is -3.84. The molecular formula is C44H61N3O9S. The zero-order valence-electron chi connectivity index (χ0n) is 34.6. The number of rotatable bonds is 17. The Bertz CT molecular complexity index is 1970. The number of nitrogens with one attached hydrogen (secondary N) is 1. The largest absolute Gasteiger partial charge is 0.497 e. The van der Waals surface area contributed by atoms with Crippen molar-refractivity contribution in [1.29, 1.82) is 0 Å². The lowest BCUT2D eigenvalue weighted by atomic mass is 9.75. The van der Waals surface area contributed by atoms with Gasteiger partial charge in [0.1, 0.15) is 18.5 Å². The van der Waals surface area contributed by atoms with Crippen molar-refractivity contribution in [2.24, 2.45) is 40.4 Å². The van der Waals surface area contributed by atoms with E-state index in [1.165, 1.54) is 4.90 Å². The topological polar surface area (TPSA) is 158 Å². The summed E-state index contributed by atoms with van der Waals surface area (Å²) < 4.78 is 46.0. The minimum Gasteiger partial charge on any atom is -0.497 e. The number of carbonyl (C=O) groups excluding carboxylic acids is 4. The number of ketones is 2. The Kier molecular flexibility index (Phi) is 12.6. The van der Waals surface area contributed by atoms with E-state index >= 15 is 0 Å². The minimum atomic E-state index is -3.85. The van der Waals surface area contributed by atoms with Crippen molar-refractivity contribution in [2.75, 3.05) is 20.3 Å². The van der Waals surface area contributed by atoms with E-state index < -0.39 is 56.0 Å². The SMILES string of the molecule is C=C[C@@H]1C[C@]1(CC(=O)[C@@H]1CC(Oc2nccc3cc(OC)ccc23)CN1C(=O)[C@@H](CC(=O)CO[C@H]1C[C@@H](C)CC[C@@H]1C(C)C)C(C)(C)C)C(=O)NS(=O)(=O)C1CC1. The maximum absolute atomic E-state index is 14.8. The van der Waals surface area contributed by atoms with E-state index in [9.17, 15) is 27.6 Å². The summed E-state index contributed by atoms with van der Waals surface area (Å²) in [4.78, 5) is 62.7. The van der Waals surface area contributed by atoms with Gasteiger partial charge in [-0.2, -0.15) is 0 Å². The molecule has 2 amide bonds. The number of amides is 2. The molecule has 3 saturated carbocycles. The van der Waals surface area contributed by atoms with Crippen LogP contribution in [0.25, 0.3) is 10.8 Å². The molecule has 0 bridgehead atoms. The fourth-order valence-corrected chi connectivity index (χ4v) is 10.4. The number of sulfonamides is 1. The number of benzene rings is 1. The van der Waals surface area contributed by atoms with Crippen LogP contribution in [0.4, 0.5) is 0 Å². The summed E-state index contributed by atoms with van der Waals surface area (Å²) in [5.41, 5.74) is -1.94. The van der Waals surface area contributed by atoms with Crippen LogP contribution < -0.4 is 14.2 Å².